The van der Waals surface area contributed by atoms with Crippen molar-refractivity contribution in [1.82, 2.24) is 20.8 Å². The Balaban J connectivity index is 1.72. The van der Waals surface area contributed by atoms with Crippen LogP contribution < -0.4 is 10.6 Å². The molecule has 2 aromatic rings. The van der Waals surface area contributed by atoms with Gasteiger partial charge in [-0.05, 0) is 23.8 Å². The van der Waals surface area contributed by atoms with E-state index in [4.69, 9.17) is 0 Å². The molecule has 1 aromatic heterocycles. The molecule has 0 fully saturated rings. The first-order valence-corrected chi connectivity index (χ1v) is 7.43. The fourth-order valence-corrected chi connectivity index (χ4v) is 2.74. The lowest BCUT2D eigenvalue weighted by atomic mass is 10.1. The summed E-state index contributed by atoms with van der Waals surface area (Å²) in [4.78, 5) is 12.2. The number of aromatic nitrogens is 2. The molecule has 1 aromatic carbocycles. The molecule has 1 aliphatic rings. The summed E-state index contributed by atoms with van der Waals surface area (Å²) < 4.78 is 14.0. The molecule has 1 amide bonds. The molecule has 7 heteroatoms. The maximum Gasteiger partial charge on any atom is 0.272 e. The number of nitrogens with zero attached hydrogens (tertiary/aromatic N) is 1. The summed E-state index contributed by atoms with van der Waals surface area (Å²) in [6, 6.07) is 4.38. The van der Waals surface area contributed by atoms with Crippen LogP contribution in [0, 0.1) is 5.82 Å². The minimum Gasteiger partial charge on any atom is -0.347 e. The van der Waals surface area contributed by atoms with Crippen LogP contribution in [0.5, 0.6) is 0 Å². The van der Waals surface area contributed by atoms with Crippen LogP contribution >= 0.6 is 15.9 Å². The zero-order valence-electron chi connectivity index (χ0n) is 11.2. The smallest absolute Gasteiger partial charge is 0.272 e. The molecule has 0 atom stereocenters. The number of benzene rings is 1. The standard InChI is InChI=1S/C14H14BrFN4O/c15-11-2-1-9(16)5-8(11)6-18-14(21)13-10-7-17-4-3-12(10)19-20-13/h1-2,5,17H,3-4,6-7H2,(H,18,21)(H,19,20). The Kier molecular flexibility index (Phi) is 4.03. The average molecular weight is 353 g/mol. The van der Waals surface area contributed by atoms with Crippen LogP contribution in [-0.2, 0) is 19.5 Å². The molecule has 3 N–H and O–H groups in total. The van der Waals surface area contributed by atoms with E-state index in [-0.39, 0.29) is 18.3 Å². The molecule has 0 saturated heterocycles. The van der Waals surface area contributed by atoms with Gasteiger partial charge in [-0.1, -0.05) is 15.9 Å². The van der Waals surface area contributed by atoms with Crippen LogP contribution in [-0.4, -0.2) is 22.6 Å². The van der Waals surface area contributed by atoms with Crippen LogP contribution in [0.2, 0.25) is 0 Å². The number of nitrogens with one attached hydrogen (secondary N) is 3. The minimum atomic E-state index is -0.330. The number of amides is 1. The van der Waals surface area contributed by atoms with Gasteiger partial charge in [0, 0.05) is 41.8 Å². The van der Waals surface area contributed by atoms with Gasteiger partial charge in [0.25, 0.3) is 5.91 Å². The molecule has 21 heavy (non-hydrogen) atoms. The number of hydrogen-bond donors (Lipinski definition) is 3. The molecule has 1 aliphatic heterocycles. The van der Waals surface area contributed by atoms with Crippen LogP contribution in [0.25, 0.3) is 0 Å². The van der Waals surface area contributed by atoms with Crippen molar-refractivity contribution >= 4 is 21.8 Å². The highest BCUT2D eigenvalue weighted by molar-refractivity contribution is 9.10. The second-order valence-electron chi connectivity index (χ2n) is 4.87. The lowest BCUT2D eigenvalue weighted by molar-refractivity contribution is 0.0944. The second-order valence-corrected chi connectivity index (χ2v) is 5.73. The predicted octanol–water partition coefficient (Wildman–Crippen LogP) is 1.89. The first kappa shape index (κ1) is 14.2. The largest absolute Gasteiger partial charge is 0.347 e. The van der Waals surface area contributed by atoms with Crippen molar-refractivity contribution in [2.75, 3.05) is 6.54 Å². The van der Waals surface area contributed by atoms with Gasteiger partial charge in [-0.25, -0.2) is 4.39 Å². The zero-order valence-corrected chi connectivity index (χ0v) is 12.8. The summed E-state index contributed by atoms with van der Waals surface area (Å²) in [5.41, 5.74) is 3.01. The maximum absolute atomic E-state index is 13.2. The third-order valence-corrected chi connectivity index (χ3v) is 4.24. The monoisotopic (exact) mass is 352 g/mol. The van der Waals surface area contributed by atoms with E-state index in [1.807, 2.05) is 0 Å². The van der Waals surface area contributed by atoms with Gasteiger partial charge in [-0.15, -0.1) is 0 Å². The third-order valence-electron chi connectivity index (χ3n) is 3.47. The van der Waals surface area contributed by atoms with E-state index >= 15 is 0 Å². The van der Waals surface area contributed by atoms with Gasteiger partial charge in [-0.2, -0.15) is 5.10 Å². The van der Waals surface area contributed by atoms with Gasteiger partial charge in [0.2, 0.25) is 0 Å². The fraction of sp³-hybridized carbons (Fsp3) is 0.286. The predicted molar refractivity (Wildman–Crippen MR) is 79.3 cm³/mol. The lowest BCUT2D eigenvalue weighted by Gasteiger charge is -2.13. The molecule has 0 saturated carbocycles. The number of rotatable bonds is 3. The summed E-state index contributed by atoms with van der Waals surface area (Å²) in [5, 5.41) is 13.0. The zero-order chi connectivity index (χ0) is 14.8. The molecule has 0 spiro atoms. The van der Waals surface area contributed by atoms with Crippen molar-refractivity contribution < 1.29 is 9.18 Å². The number of halogens is 2. The number of H-pyrrole nitrogens is 1. The van der Waals surface area contributed by atoms with Crippen LogP contribution in [0.15, 0.2) is 22.7 Å². The Bertz CT molecular complexity index is 686. The summed E-state index contributed by atoms with van der Waals surface area (Å²) in [7, 11) is 0. The number of aromatic amines is 1. The van der Waals surface area contributed by atoms with E-state index in [0.29, 0.717) is 17.8 Å². The number of carbonyl (C=O) groups excluding carboxylic acids is 1. The maximum atomic E-state index is 13.2. The molecule has 2 heterocycles. The Morgan fingerprint density at radius 2 is 2.33 bits per heavy atom. The van der Waals surface area contributed by atoms with E-state index in [9.17, 15) is 9.18 Å². The molecule has 0 radical (unpaired) electrons. The van der Waals surface area contributed by atoms with Crippen LogP contribution in [0.1, 0.15) is 27.3 Å². The lowest BCUT2D eigenvalue weighted by Crippen LogP contribution is -2.28. The van der Waals surface area contributed by atoms with E-state index in [1.165, 1.54) is 12.1 Å². The highest BCUT2D eigenvalue weighted by Crippen LogP contribution is 2.18. The molecular weight excluding hydrogens is 339 g/mol. The third kappa shape index (κ3) is 2.98. The van der Waals surface area contributed by atoms with Crippen molar-refractivity contribution in [2.24, 2.45) is 0 Å². The van der Waals surface area contributed by atoms with Gasteiger partial charge in [0.15, 0.2) is 5.69 Å². The first-order valence-electron chi connectivity index (χ1n) is 6.64. The summed E-state index contributed by atoms with van der Waals surface area (Å²) >= 11 is 3.34. The Hall–Kier alpha value is -1.73. The molecular formula is C14H14BrFN4O. The molecule has 3 rings (SSSR count). The van der Waals surface area contributed by atoms with Crippen LogP contribution in [0.3, 0.4) is 0 Å². The van der Waals surface area contributed by atoms with Crippen molar-refractivity contribution in [2.45, 2.75) is 19.5 Å². The van der Waals surface area contributed by atoms with Crippen molar-refractivity contribution in [1.29, 1.82) is 0 Å². The van der Waals surface area contributed by atoms with Gasteiger partial charge in [-0.3, -0.25) is 9.89 Å². The van der Waals surface area contributed by atoms with Gasteiger partial charge < -0.3 is 10.6 Å². The van der Waals surface area contributed by atoms with Gasteiger partial charge in [0.05, 0.1) is 0 Å². The van der Waals surface area contributed by atoms with E-state index in [2.05, 4.69) is 36.8 Å². The summed E-state index contributed by atoms with van der Waals surface area (Å²) in [6.07, 6.45) is 0.838. The molecule has 0 bridgehead atoms. The highest BCUT2D eigenvalue weighted by atomic mass is 79.9. The number of fused-ring (bicyclic) bond motifs is 1. The summed E-state index contributed by atoms with van der Waals surface area (Å²) in [5.74, 6) is -0.587. The fourth-order valence-electron chi connectivity index (χ4n) is 2.35. The average Bonchev–Trinajstić information content (AvgIpc) is 2.92. The quantitative estimate of drug-likeness (QED) is 0.789. The van der Waals surface area contributed by atoms with Gasteiger partial charge >= 0.3 is 0 Å². The molecule has 110 valence electrons. The van der Waals surface area contributed by atoms with Crippen molar-refractivity contribution in [3.05, 3.63) is 51.0 Å². The van der Waals surface area contributed by atoms with E-state index < -0.39 is 0 Å². The highest BCUT2D eigenvalue weighted by Gasteiger charge is 2.21. The van der Waals surface area contributed by atoms with Crippen molar-refractivity contribution in [3.8, 4) is 0 Å². The summed E-state index contributed by atoms with van der Waals surface area (Å²) in [6.45, 7) is 1.76. The van der Waals surface area contributed by atoms with Crippen LogP contribution in [0.4, 0.5) is 4.39 Å². The number of carbonyl (C=O) groups is 1. The SMILES string of the molecule is O=C(NCc1cc(F)ccc1Br)c1n[nH]c2c1CNCC2. The minimum absolute atomic E-state index is 0.242. The Morgan fingerprint density at radius 1 is 1.48 bits per heavy atom. The topological polar surface area (TPSA) is 69.8 Å². The van der Waals surface area contributed by atoms with Crippen molar-refractivity contribution in [3.63, 3.8) is 0 Å². The molecule has 5 nitrogen and oxygen atoms in total. The molecule has 0 aliphatic carbocycles. The number of hydrogen-bond acceptors (Lipinski definition) is 3. The normalized spacial score (nSPS) is 13.8. The van der Waals surface area contributed by atoms with E-state index in [1.54, 1.807) is 6.07 Å². The van der Waals surface area contributed by atoms with Gasteiger partial charge in [0.1, 0.15) is 5.82 Å². The molecule has 0 unspecified atom stereocenters. The first-order chi connectivity index (χ1) is 10.1. The Morgan fingerprint density at radius 3 is 3.19 bits per heavy atom. The Labute approximate surface area is 129 Å². The second kappa shape index (κ2) is 5.95. The van der Waals surface area contributed by atoms with E-state index in [0.717, 1.165) is 28.7 Å².